The number of nitrogens with zero attached hydrogens (tertiary/aromatic N) is 1. The van der Waals surface area contributed by atoms with Gasteiger partial charge in [-0.1, -0.05) is 30.3 Å². The standard InChI is InChI=1S/C22H28N2O5S/c1-16(17-8-5-4-6-9-17)23-22(25)18-10-7-13-24(15-18)30(26,27)19-11-12-20(28-2)21(14-19)29-3/h4-6,8-9,11-12,14,16,18H,7,10,13,15H2,1-3H3,(H,23,25). The van der Waals surface area contributed by atoms with Crippen LogP contribution in [0.2, 0.25) is 0 Å². The van der Waals surface area contributed by atoms with Gasteiger partial charge in [0.1, 0.15) is 0 Å². The smallest absolute Gasteiger partial charge is 0.243 e. The number of ether oxygens (including phenoxy) is 2. The third kappa shape index (κ3) is 4.76. The highest BCUT2D eigenvalue weighted by atomic mass is 32.2. The third-order valence-corrected chi connectivity index (χ3v) is 7.27. The Labute approximate surface area is 178 Å². The second-order valence-electron chi connectivity index (χ2n) is 7.36. The number of sulfonamides is 1. The zero-order chi connectivity index (χ0) is 21.7. The molecule has 3 rings (SSSR count). The van der Waals surface area contributed by atoms with Crippen molar-refractivity contribution in [3.05, 3.63) is 54.1 Å². The molecule has 0 saturated carbocycles. The van der Waals surface area contributed by atoms with Crippen LogP contribution in [0.3, 0.4) is 0 Å². The predicted octanol–water partition coefficient (Wildman–Crippen LogP) is 2.98. The fourth-order valence-corrected chi connectivity index (χ4v) is 5.20. The van der Waals surface area contributed by atoms with E-state index in [1.165, 1.54) is 30.7 Å². The van der Waals surface area contributed by atoms with Crippen LogP contribution in [0.15, 0.2) is 53.4 Å². The number of methoxy groups -OCH3 is 2. The van der Waals surface area contributed by atoms with E-state index in [1.807, 2.05) is 37.3 Å². The number of carbonyl (C=O) groups excluding carboxylic acids is 1. The van der Waals surface area contributed by atoms with E-state index < -0.39 is 10.0 Å². The maximum atomic E-state index is 13.2. The molecule has 0 bridgehead atoms. The molecule has 1 amide bonds. The Morgan fingerprint density at radius 1 is 1.10 bits per heavy atom. The first-order valence-electron chi connectivity index (χ1n) is 9.94. The van der Waals surface area contributed by atoms with Crippen LogP contribution in [-0.2, 0) is 14.8 Å². The Morgan fingerprint density at radius 2 is 1.80 bits per heavy atom. The van der Waals surface area contributed by atoms with Crippen LogP contribution in [-0.4, -0.2) is 45.9 Å². The van der Waals surface area contributed by atoms with E-state index in [2.05, 4.69) is 5.32 Å². The average molecular weight is 433 g/mol. The number of piperidine rings is 1. The van der Waals surface area contributed by atoms with Crippen molar-refractivity contribution in [2.45, 2.75) is 30.7 Å². The Kier molecular flexibility index (Phi) is 6.99. The maximum absolute atomic E-state index is 13.2. The molecule has 7 nitrogen and oxygen atoms in total. The van der Waals surface area contributed by atoms with Crippen molar-refractivity contribution in [1.82, 2.24) is 9.62 Å². The minimum Gasteiger partial charge on any atom is -0.493 e. The van der Waals surface area contributed by atoms with Gasteiger partial charge >= 0.3 is 0 Å². The van der Waals surface area contributed by atoms with Gasteiger partial charge in [0.15, 0.2) is 11.5 Å². The molecule has 0 radical (unpaired) electrons. The summed E-state index contributed by atoms with van der Waals surface area (Å²) in [6.45, 7) is 2.47. The molecule has 1 fully saturated rings. The fourth-order valence-electron chi connectivity index (χ4n) is 3.66. The number of hydrogen-bond acceptors (Lipinski definition) is 5. The molecule has 1 heterocycles. The van der Waals surface area contributed by atoms with Crippen LogP contribution in [0, 0.1) is 5.92 Å². The van der Waals surface area contributed by atoms with Crippen LogP contribution in [0.5, 0.6) is 11.5 Å². The minimum absolute atomic E-state index is 0.124. The quantitative estimate of drug-likeness (QED) is 0.727. The first-order valence-corrected chi connectivity index (χ1v) is 11.4. The number of hydrogen-bond donors (Lipinski definition) is 1. The van der Waals surface area contributed by atoms with E-state index in [0.29, 0.717) is 30.9 Å². The van der Waals surface area contributed by atoms with E-state index in [0.717, 1.165) is 5.56 Å². The highest BCUT2D eigenvalue weighted by molar-refractivity contribution is 7.89. The third-order valence-electron chi connectivity index (χ3n) is 5.41. The molecular formula is C22H28N2O5S. The highest BCUT2D eigenvalue weighted by Crippen LogP contribution is 2.32. The summed E-state index contributed by atoms with van der Waals surface area (Å²) in [5.74, 6) is 0.294. The SMILES string of the molecule is COc1ccc(S(=O)(=O)N2CCCC(C(=O)NC(C)c3ccccc3)C2)cc1OC. The molecule has 2 atom stereocenters. The maximum Gasteiger partial charge on any atom is 0.243 e. The largest absolute Gasteiger partial charge is 0.493 e. The zero-order valence-corrected chi connectivity index (χ0v) is 18.3. The molecule has 1 saturated heterocycles. The molecule has 8 heteroatoms. The van der Waals surface area contributed by atoms with Crippen LogP contribution < -0.4 is 14.8 Å². The Morgan fingerprint density at radius 3 is 2.47 bits per heavy atom. The summed E-state index contributed by atoms with van der Waals surface area (Å²) in [4.78, 5) is 12.9. The Bertz CT molecular complexity index is 978. The highest BCUT2D eigenvalue weighted by Gasteiger charge is 2.34. The fraction of sp³-hybridized carbons (Fsp3) is 0.409. The number of benzene rings is 2. The summed E-state index contributed by atoms with van der Waals surface area (Å²) < 4.78 is 38.1. The van der Waals surface area contributed by atoms with Crippen LogP contribution in [0.25, 0.3) is 0 Å². The lowest BCUT2D eigenvalue weighted by molar-refractivity contribution is -0.126. The van der Waals surface area contributed by atoms with Gasteiger partial charge in [0, 0.05) is 19.2 Å². The molecule has 0 aromatic heterocycles. The molecule has 0 aliphatic carbocycles. The van der Waals surface area contributed by atoms with Crippen molar-refractivity contribution >= 4 is 15.9 Å². The van der Waals surface area contributed by atoms with E-state index >= 15 is 0 Å². The van der Waals surface area contributed by atoms with Crippen LogP contribution >= 0.6 is 0 Å². The number of carbonyl (C=O) groups is 1. The van der Waals surface area contributed by atoms with Gasteiger partial charge in [-0.05, 0) is 37.5 Å². The Balaban J connectivity index is 1.72. The average Bonchev–Trinajstić information content (AvgIpc) is 2.79. The molecular weight excluding hydrogens is 404 g/mol. The molecule has 1 N–H and O–H groups in total. The number of nitrogens with one attached hydrogen (secondary N) is 1. The van der Waals surface area contributed by atoms with Gasteiger partial charge in [-0.3, -0.25) is 4.79 Å². The van der Waals surface area contributed by atoms with Gasteiger partial charge in [0.2, 0.25) is 15.9 Å². The van der Waals surface area contributed by atoms with Crippen LogP contribution in [0.1, 0.15) is 31.4 Å². The summed E-state index contributed by atoms with van der Waals surface area (Å²) in [5, 5.41) is 3.01. The molecule has 162 valence electrons. The van der Waals surface area contributed by atoms with Gasteiger partial charge in [-0.2, -0.15) is 4.31 Å². The predicted molar refractivity (Wildman–Crippen MR) is 114 cm³/mol. The van der Waals surface area contributed by atoms with Gasteiger partial charge in [0.25, 0.3) is 0 Å². The lowest BCUT2D eigenvalue weighted by Crippen LogP contribution is -2.45. The summed E-state index contributed by atoms with van der Waals surface area (Å²) in [6, 6.07) is 14.1. The van der Waals surface area contributed by atoms with Crippen molar-refractivity contribution in [1.29, 1.82) is 0 Å². The normalized spacial score (nSPS) is 18.4. The van der Waals surface area contributed by atoms with Crippen molar-refractivity contribution in [2.24, 2.45) is 5.92 Å². The molecule has 2 unspecified atom stereocenters. The topological polar surface area (TPSA) is 84.9 Å². The van der Waals surface area contributed by atoms with Crippen molar-refractivity contribution in [2.75, 3.05) is 27.3 Å². The Hall–Kier alpha value is -2.58. The van der Waals surface area contributed by atoms with Crippen molar-refractivity contribution < 1.29 is 22.7 Å². The van der Waals surface area contributed by atoms with E-state index in [-0.39, 0.29) is 29.3 Å². The lowest BCUT2D eigenvalue weighted by atomic mass is 9.98. The molecule has 30 heavy (non-hydrogen) atoms. The molecule has 2 aromatic rings. The van der Waals surface area contributed by atoms with Gasteiger partial charge in [-0.15, -0.1) is 0 Å². The first-order chi connectivity index (χ1) is 14.4. The molecule has 2 aromatic carbocycles. The van der Waals surface area contributed by atoms with E-state index in [4.69, 9.17) is 9.47 Å². The summed E-state index contributed by atoms with van der Waals surface area (Å²) in [7, 11) is -0.791. The second-order valence-corrected chi connectivity index (χ2v) is 9.30. The van der Waals surface area contributed by atoms with Crippen LogP contribution in [0.4, 0.5) is 0 Å². The van der Waals surface area contributed by atoms with Crippen molar-refractivity contribution in [3.63, 3.8) is 0 Å². The van der Waals surface area contributed by atoms with Gasteiger partial charge < -0.3 is 14.8 Å². The summed E-state index contributed by atoms with van der Waals surface area (Å²) in [6.07, 6.45) is 1.29. The molecule has 1 aliphatic rings. The second kappa shape index (κ2) is 9.49. The summed E-state index contributed by atoms with van der Waals surface area (Å²) >= 11 is 0. The van der Waals surface area contributed by atoms with E-state index in [1.54, 1.807) is 6.07 Å². The monoisotopic (exact) mass is 432 g/mol. The number of amides is 1. The van der Waals surface area contributed by atoms with Gasteiger partial charge in [-0.25, -0.2) is 8.42 Å². The van der Waals surface area contributed by atoms with Crippen molar-refractivity contribution in [3.8, 4) is 11.5 Å². The number of rotatable bonds is 7. The minimum atomic E-state index is -3.75. The van der Waals surface area contributed by atoms with E-state index in [9.17, 15) is 13.2 Å². The first kappa shape index (κ1) is 22.1. The zero-order valence-electron chi connectivity index (χ0n) is 17.5. The van der Waals surface area contributed by atoms with Gasteiger partial charge in [0.05, 0.1) is 31.1 Å². The molecule has 0 spiro atoms. The molecule has 1 aliphatic heterocycles. The lowest BCUT2D eigenvalue weighted by Gasteiger charge is -2.32. The summed E-state index contributed by atoms with van der Waals surface area (Å²) in [5.41, 5.74) is 1.01.